The van der Waals surface area contributed by atoms with E-state index in [0.717, 1.165) is 0 Å². The number of hydrogen-bond acceptors (Lipinski definition) is 4. The number of ether oxygens (including phenoxy) is 1. The Morgan fingerprint density at radius 3 is 2.47 bits per heavy atom. The summed E-state index contributed by atoms with van der Waals surface area (Å²) in [7, 11) is -3.40. The molecule has 0 bridgehead atoms. The summed E-state index contributed by atoms with van der Waals surface area (Å²) in [5.41, 5.74) is 0. The van der Waals surface area contributed by atoms with Gasteiger partial charge in [0.1, 0.15) is 5.78 Å². The van der Waals surface area contributed by atoms with Gasteiger partial charge >= 0.3 is 0 Å². The van der Waals surface area contributed by atoms with E-state index in [0.29, 0.717) is 13.0 Å². The third-order valence-electron chi connectivity index (χ3n) is 1.89. The molecule has 90 valence electrons. The van der Waals surface area contributed by atoms with Crippen LogP contribution in [0.25, 0.3) is 0 Å². The number of carbonyl (C=O) groups excluding carboxylic acids is 1. The van der Waals surface area contributed by atoms with Gasteiger partial charge in [-0.05, 0) is 13.8 Å². The first-order chi connectivity index (χ1) is 6.93. The quantitative estimate of drug-likeness (QED) is 0.617. The van der Waals surface area contributed by atoms with Gasteiger partial charge in [-0.3, -0.25) is 4.79 Å². The van der Waals surface area contributed by atoms with Gasteiger partial charge in [0.2, 0.25) is 10.0 Å². The molecular weight excluding hydrogens is 218 g/mol. The van der Waals surface area contributed by atoms with Crippen LogP contribution < -0.4 is 4.72 Å². The lowest BCUT2D eigenvalue weighted by molar-refractivity contribution is -0.119. The first-order valence-electron chi connectivity index (χ1n) is 5.03. The molecule has 0 saturated heterocycles. The third kappa shape index (κ3) is 6.59. The fraction of sp³-hybridized carbons (Fsp3) is 0.889. The number of ketones is 1. The molecule has 1 atom stereocenters. The van der Waals surface area contributed by atoms with Crippen molar-refractivity contribution in [3.8, 4) is 0 Å². The topological polar surface area (TPSA) is 72.5 Å². The van der Waals surface area contributed by atoms with E-state index in [1.807, 2.05) is 0 Å². The minimum atomic E-state index is -3.40. The van der Waals surface area contributed by atoms with Gasteiger partial charge in [-0.25, -0.2) is 13.1 Å². The van der Waals surface area contributed by atoms with Crippen LogP contribution in [0.5, 0.6) is 0 Å². The van der Waals surface area contributed by atoms with Crippen molar-refractivity contribution in [3.63, 3.8) is 0 Å². The van der Waals surface area contributed by atoms with Gasteiger partial charge in [0.05, 0.1) is 18.4 Å². The Morgan fingerprint density at radius 2 is 2.00 bits per heavy atom. The summed E-state index contributed by atoms with van der Waals surface area (Å²) in [5.74, 6) is -0.225. The van der Waals surface area contributed by atoms with Crippen molar-refractivity contribution in [1.82, 2.24) is 4.72 Å². The van der Waals surface area contributed by atoms with Crippen molar-refractivity contribution < 1.29 is 17.9 Å². The monoisotopic (exact) mass is 237 g/mol. The fourth-order valence-corrected chi connectivity index (χ4v) is 2.14. The summed E-state index contributed by atoms with van der Waals surface area (Å²) < 4.78 is 30.0. The molecule has 15 heavy (non-hydrogen) atoms. The Morgan fingerprint density at radius 1 is 1.40 bits per heavy atom. The molecule has 0 aliphatic carbocycles. The maximum absolute atomic E-state index is 11.4. The molecule has 0 aromatic rings. The second-order valence-corrected chi connectivity index (χ2v) is 5.05. The first kappa shape index (κ1) is 14.5. The largest absolute Gasteiger partial charge is 0.381 e. The zero-order valence-electron chi connectivity index (χ0n) is 9.45. The molecule has 1 N–H and O–H groups in total. The Labute approximate surface area is 91.2 Å². The van der Waals surface area contributed by atoms with Crippen LogP contribution in [0.4, 0.5) is 0 Å². The van der Waals surface area contributed by atoms with Crippen molar-refractivity contribution in [3.05, 3.63) is 0 Å². The van der Waals surface area contributed by atoms with Gasteiger partial charge in [-0.1, -0.05) is 6.92 Å². The summed E-state index contributed by atoms with van der Waals surface area (Å²) >= 11 is 0. The Kier molecular flexibility index (Phi) is 6.71. The van der Waals surface area contributed by atoms with E-state index in [9.17, 15) is 13.2 Å². The lowest BCUT2D eigenvalue weighted by Gasteiger charge is -2.12. The Bertz CT molecular complexity index is 286. The second kappa shape index (κ2) is 6.92. The van der Waals surface area contributed by atoms with E-state index in [-0.39, 0.29) is 18.1 Å². The molecule has 1 unspecified atom stereocenters. The Balaban J connectivity index is 4.08. The van der Waals surface area contributed by atoms with Crippen molar-refractivity contribution in [2.24, 2.45) is 0 Å². The molecule has 0 rings (SSSR count). The van der Waals surface area contributed by atoms with E-state index in [4.69, 9.17) is 4.74 Å². The number of rotatable bonds is 8. The fourth-order valence-electron chi connectivity index (χ4n) is 1.01. The van der Waals surface area contributed by atoms with Crippen LogP contribution in [0.3, 0.4) is 0 Å². The zero-order valence-corrected chi connectivity index (χ0v) is 10.3. The van der Waals surface area contributed by atoms with Gasteiger partial charge in [-0.2, -0.15) is 0 Å². The summed E-state index contributed by atoms with van der Waals surface area (Å²) in [4.78, 5) is 11.2. The molecule has 0 aromatic carbocycles. The second-order valence-electron chi connectivity index (χ2n) is 3.18. The number of sulfonamides is 1. The molecule has 0 aliphatic heterocycles. The summed E-state index contributed by atoms with van der Waals surface area (Å²) in [6, 6.07) is -0.651. The number of nitrogens with one attached hydrogen (secondary N) is 1. The van der Waals surface area contributed by atoms with Crippen molar-refractivity contribution in [1.29, 1.82) is 0 Å². The van der Waals surface area contributed by atoms with E-state index >= 15 is 0 Å². The lowest BCUT2D eigenvalue weighted by Crippen LogP contribution is -2.40. The van der Waals surface area contributed by atoms with Crippen molar-refractivity contribution in [2.75, 3.05) is 19.0 Å². The zero-order chi connectivity index (χ0) is 11.9. The van der Waals surface area contributed by atoms with Crippen LogP contribution in [0, 0.1) is 0 Å². The predicted octanol–water partition coefficient (Wildman–Crippen LogP) is 0.310. The van der Waals surface area contributed by atoms with Crippen LogP contribution in [-0.4, -0.2) is 39.2 Å². The molecular formula is C9H19NO4S. The summed E-state index contributed by atoms with van der Waals surface area (Å²) in [5, 5.41) is 0. The average Bonchev–Trinajstić information content (AvgIpc) is 2.16. The molecule has 0 aliphatic rings. The van der Waals surface area contributed by atoms with E-state index < -0.39 is 16.1 Å². The molecule has 0 saturated carbocycles. The molecule has 0 spiro atoms. The molecule has 0 heterocycles. The molecule has 0 amide bonds. The molecule has 0 fully saturated rings. The summed E-state index contributed by atoms with van der Waals surface area (Å²) in [6.07, 6.45) is 0.329. The van der Waals surface area contributed by atoms with Crippen LogP contribution in [0.2, 0.25) is 0 Å². The van der Waals surface area contributed by atoms with Crippen LogP contribution in [0.1, 0.15) is 27.2 Å². The highest BCUT2D eigenvalue weighted by molar-refractivity contribution is 7.89. The molecule has 5 nitrogen and oxygen atoms in total. The Hall–Kier alpha value is -0.460. The van der Waals surface area contributed by atoms with Crippen LogP contribution in [0.15, 0.2) is 0 Å². The molecule has 0 aromatic heterocycles. The normalized spacial score (nSPS) is 13.8. The highest BCUT2D eigenvalue weighted by Gasteiger charge is 2.18. The van der Waals surface area contributed by atoms with Crippen molar-refractivity contribution in [2.45, 2.75) is 33.2 Å². The smallest absolute Gasteiger partial charge is 0.214 e. The number of hydrogen-bond donors (Lipinski definition) is 1. The first-order valence-corrected chi connectivity index (χ1v) is 6.68. The predicted molar refractivity (Wildman–Crippen MR) is 58.2 cm³/mol. The minimum absolute atomic E-state index is 0.109. The standard InChI is InChI=1S/C9H19NO4S/c1-4-9(11)8(3)10-15(12,13)7-6-14-5-2/h8,10H,4-7H2,1-3H3. The third-order valence-corrected chi connectivity index (χ3v) is 3.31. The van der Waals surface area contributed by atoms with Crippen molar-refractivity contribution >= 4 is 15.8 Å². The van der Waals surface area contributed by atoms with E-state index in [1.54, 1.807) is 20.8 Å². The van der Waals surface area contributed by atoms with Gasteiger partial charge in [0, 0.05) is 13.0 Å². The summed E-state index contributed by atoms with van der Waals surface area (Å²) in [6.45, 7) is 5.68. The average molecular weight is 237 g/mol. The van der Waals surface area contributed by atoms with Gasteiger partial charge in [0.15, 0.2) is 0 Å². The van der Waals surface area contributed by atoms with E-state index in [2.05, 4.69) is 4.72 Å². The SMILES string of the molecule is CCOCCS(=O)(=O)NC(C)C(=O)CC. The van der Waals surface area contributed by atoms with Gasteiger partial charge in [-0.15, -0.1) is 0 Å². The molecule has 0 radical (unpaired) electrons. The van der Waals surface area contributed by atoms with Crippen LogP contribution >= 0.6 is 0 Å². The maximum Gasteiger partial charge on any atom is 0.214 e. The highest BCUT2D eigenvalue weighted by atomic mass is 32.2. The minimum Gasteiger partial charge on any atom is -0.381 e. The van der Waals surface area contributed by atoms with Gasteiger partial charge < -0.3 is 4.74 Å². The number of carbonyl (C=O) groups is 1. The lowest BCUT2D eigenvalue weighted by atomic mass is 10.2. The van der Waals surface area contributed by atoms with Crippen LogP contribution in [-0.2, 0) is 19.6 Å². The number of Topliss-reactive ketones (excluding diaryl/α,β-unsaturated/α-hetero) is 1. The maximum atomic E-state index is 11.4. The molecule has 6 heteroatoms. The van der Waals surface area contributed by atoms with E-state index in [1.165, 1.54) is 0 Å². The highest BCUT2D eigenvalue weighted by Crippen LogP contribution is 1.94. The van der Waals surface area contributed by atoms with Gasteiger partial charge in [0.25, 0.3) is 0 Å².